The van der Waals surface area contributed by atoms with Gasteiger partial charge >= 0.3 is 10.2 Å². The van der Waals surface area contributed by atoms with Gasteiger partial charge in [-0.05, 0) is 31.5 Å². The molecule has 0 unspecified atom stereocenters. The lowest BCUT2D eigenvalue weighted by molar-refractivity contribution is 0.0376. The van der Waals surface area contributed by atoms with Crippen molar-refractivity contribution in [2.24, 2.45) is 12.8 Å². The normalized spacial score (nSPS) is 16.1. The number of alkyl halides is 1. The number of nitrogens with one attached hydrogen (secondary N) is 1. The lowest BCUT2D eigenvalue weighted by atomic mass is 10.0. The highest BCUT2D eigenvalue weighted by Gasteiger charge is 2.32. The van der Waals surface area contributed by atoms with Crippen molar-refractivity contribution in [3.05, 3.63) is 46.4 Å². The first-order valence-corrected chi connectivity index (χ1v) is 14.0. The van der Waals surface area contributed by atoms with Crippen molar-refractivity contribution < 1.29 is 31.2 Å². The lowest BCUT2D eigenvalue weighted by Crippen LogP contribution is -2.34. The van der Waals surface area contributed by atoms with E-state index in [4.69, 9.17) is 15.3 Å². The summed E-state index contributed by atoms with van der Waals surface area (Å²) in [7, 11) is -2.93. The number of ether oxygens (including phenoxy) is 1. The molecule has 1 atom stereocenters. The summed E-state index contributed by atoms with van der Waals surface area (Å²) in [6.45, 7) is 3.00. The molecular formula is C24H30F3N7O5S. The second-order valence-corrected chi connectivity index (χ2v) is 10.6. The molecule has 0 spiro atoms. The van der Waals surface area contributed by atoms with Crippen molar-refractivity contribution >= 4 is 32.9 Å². The lowest BCUT2D eigenvalue weighted by Gasteiger charge is -2.20. The fourth-order valence-corrected chi connectivity index (χ4v) is 5.48. The van der Waals surface area contributed by atoms with Gasteiger partial charge in [-0.1, -0.05) is 0 Å². The maximum absolute atomic E-state index is 15.6. The van der Waals surface area contributed by atoms with E-state index >= 15 is 4.39 Å². The minimum absolute atomic E-state index is 0.0142. The van der Waals surface area contributed by atoms with Gasteiger partial charge in [-0.3, -0.25) is 18.9 Å². The molecule has 3 heterocycles. The first-order valence-electron chi connectivity index (χ1n) is 12.5. The largest absolute Gasteiger partial charge is 0.378 e. The Morgan fingerprint density at radius 1 is 1.25 bits per heavy atom. The van der Waals surface area contributed by atoms with Crippen molar-refractivity contribution in [3.63, 3.8) is 0 Å². The minimum atomic E-state index is -4.31. The van der Waals surface area contributed by atoms with E-state index in [0.717, 1.165) is 21.0 Å². The van der Waals surface area contributed by atoms with Crippen molar-refractivity contribution in [2.75, 3.05) is 55.8 Å². The number of aromatic nitrogens is 3. The van der Waals surface area contributed by atoms with Crippen LogP contribution < -0.4 is 21.1 Å². The van der Waals surface area contributed by atoms with Crippen LogP contribution in [0.3, 0.4) is 0 Å². The number of fused-ring (bicyclic) bond motifs is 1. The number of anilines is 2. The fourth-order valence-electron chi connectivity index (χ4n) is 4.21. The van der Waals surface area contributed by atoms with Gasteiger partial charge in [0.1, 0.15) is 17.6 Å². The Hall–Kier alpha value is -3.31. The molecule has 218 valence electrons. The van der Waals surface area contributed by atoms with Crippen molar-refractivity contribution in [2.45, 2.75) is 19.5 Å². The number of rotatable bonds is 12. The summed E-state index contributed by atoms with van der Waals surface area (Å²) in [5.41, 5.74) is 3.09. The highest BCUT2D eigenvalue weighted by molar-refractivity contribution is 7.90. The summed E-state index contributed by atoms with van der Waals surface area (Å²) in [5, 5.41) is 1.70. The number of hydrogen-bond acceptors (Lipinski definition) is 9. The third-order valence-corrected chi connectivity index (χ3v) is 7.71. The van der Waals surface area contributed by atoms with Crippen LogP contribution in [0.2, 0.25) is 0 Å². The molecule has 1 aliphatic rings. The highest BCUT2D eigenvalue weighted by atomic mass is 32.2. The molecule has 0 bridgehead atoms. The summed E-state index contributed by atoms with van der Waals surface area (Å²) in [4.78, 5) is 27.6. The van der Waals surface area contributed by atoms with Crippen LogP contribution >= 0.6 is 0 Å². The predicted molar refractivity (Wildman–Crippen MR) is 143 cm³/mol. The second-order valence-electron chi connectivity index (χ2n) is 8.94. The predicted octanol–water partition coefficient (Wildman–Crippen LogP) is 1.71. The molecule has 2 aromatic heterocycles. The van der Waals surface area contributed by atoms with Gasteiger partial charge in [0.25, 0.3) is 11.5 Å². The molecule has 12 nitrogen and oxygen atoms in total. The standard InChI is InChI=1S/C24H30F3N7O5S/c1-3-34(39-11-10-38-9-7-28)24-29-13-15-12-17(23(35)32(2)22(15)30-24)20-18(26)4-5-19(21(20)27)31-40(36,37)33-8-6-16(25)14-33/h4-5,12-13,16,31H,3,6-11,14,28H2,1-2H3/t16-/m1/s1. The Kier molecular flexibility index (Phi) is 9.25. The zero-order chi connectivity index (χ0) is 29.0. The molecule has 0 saturated carbocycles. The zero-order valence-corrected chi connectivity index (χ0v) is 22.8. The summed E-state index contributed by atoms with van der Waals surface area (Å²) in [6.07, 6.45) is 0.0564. The zero-order valence-electron chi connectivity index (χ0n) is 21.9. The Morgan fingerprint density at radius 3 is 2.70 bits per heavy atom. The van der Waals surface area contributed by atoms with Gasteiger partial charge in [-0.25, -0.2) is 23.2 Å². The molecule has 40 heavy (non-hydrogen) atoms. The van der Waals surface area contributed by atoms with Crippen LogP contribution in [0.1, 0.15) is 13.3 Å². The molecule has 0 amide bonds. The summed E-state index contributed by atoms with van der Waals surface area (Å²) in [6, 6.07) is 2.97. The van der Waals surface area contributed by atoms with Gasteiger partial charge in [0, 0.05) is 44.8 Å². The third-order valence-electron chi connectivity index (χ3n) is 6.22. The molecule has 16 heteroatoms. The molecule has 1 aromatic carbocycles. The Bertz CT molecular complexity index is 1540. The molecular weight excluding hydrogens is 555 g/mol. The number of pyridine rings is 1. The quantitative estimate of drug-likeness (QED) is 0.240. The number of hydrogen-bond donors (Lipinski definition) is 2. The SMILES string of the molecule is CCN(OCCOCCN)c1ncc2cc(-c3c(F)ccc(NS(=O)(=O)N4CC[C@@H](F)C4)c3F)c(=O)n(C)c2n1. The van der Waals surface area contributed by atoms with E-state index in [0.29, 0.717) is 31.7 Å². The fraction of sp³-hybridized carbons (Fsp3) is 0.458. The van der Waals surface area contributed by atoms with Gasteiger partial charge in [0.15, 0.2) is 5.82 Å². The van der Waals surface area contributed by atoms with Gasteiger partial charge in [-0.15, -0.1) is 0 Å². The number of aryl methyl sites for hydroxylation is 1. The molecule has 1 fully saturated rings. The topological polar surface area (TPSA) is 145 Å². The van der Waals surface area contributed by atoms with Gasteiger partial charge in [0.05, 0.1) is 36.6 Å². The van der Waals surface area contributed by atoms with Crippen molar-refractivity contribution in [3.8, 4) is 11.1 Å². The monoisotopic (exact) mass is 585 g/mol. The number of nitrogens with two attached hydrogens (primary N) is 1. The highest BCUT2D eigenvalue weighted by Crippen LogP contribution is 2.31. The number of nitrogens with zero attached hydrogens (tertiary/aromatic N) is 5. The van der Waals surface area contributed by atoms with Crippen LogP contribution in [0.4, 0.5) is 24.8 Å². The molecule has 1 saturated heterocycles. The van der Waals surface area contributed by atoms with E-state index in [1.807, 2.05) is 11.6 Å². The van der Waals surface area contributed by atoms with Gasteiger partial charge in [-0.2, -0.15) is 17.7 Å². The second kappa shape index (κ2) is 12.5. The van der Waals surface area contributed by atoms with E-state index in [9.17, 15) is 22.0 Å². The van der Waals surface area contributed by atoms with E-state index in [1.54, 1.807) is 0 Å². The molecule has 4 rings (SSSR count). The summed E-state index contributed by atoms with van der Waals surface area (Å²) >= 11 is 0. The minimum Gasteiger partial charge on any atom is -0.378 e. The molecule has 3 N–H and O–H groups in total. The molecule has 0 radical (unpaired) electrons. The molecule has 3 aromatic rings. The van der Waals surface area contributed by atoms with Crippen LogP contribution in [-0.4, -0.2) is 79.4 Å². The number of hydroxylamine groups is 1. The van der Waals surface area contributed by atoms with E-state index < -0.39 is 44.8 Å². The third kappa shape index (κ3) is 6.20. The smallest absolute Gasteiger partial charge is 0.301 e. The summed E-state index contributed by atoms with van der Waals surface area (Å²) in [5.74, 6) is -2.22. The Balaban J connectivity index is 1.67. The van der Waals surface area contributed by atoms with Gasteiger partial charge in [0.2, 0.25) is 0 Å². The van der Waals surface area contributed by atoms with Crippen molar-refractivity contribution in [1.82, 2.24) is 18.8 Å². The maximum Gasteiger partial charge on any atom is 0.301 e. The summed E-state index contributed by atoms with van der Waals surface area (Å²) < 4.78 is 78.5. The van der Waals surface area contributed by atoms with E-state index in [2.05, 4.69) is 9.97 Å². The number of benzene rings is 1. The first-order chi connectivity index (χ1) is 19.1. The maximum atomic E-state index is 15.6. The van der Waals surface area contributed by atoms with Crippen molar-refractivity contribution in [1.29, 1.82) is 0 Å². The van der Waals surface area contributed by atoms with E-state index in [1.165, 1.54) is 24.4 Å². The van der Waals surface area contributed by atoms with Crippen LogP contribution in [0.25, 0.3) is 22.2 Å². The Morgan fingerprint density at radius 2 is 2.02 bits per heavy atom. The Labute approximate surface area is 228 Å². The molecule has 0 aliphatic carbocycles. The van der Waals surface area contributed by atoms with Crippen LogP contribution in [0, 0.1) is 11.6 Å². The number of halogens is 3. The van der Waals surface area contributed by atoms with Crippen LogP contribution in [0.15, 0.2) is 29.2 Å². The first kappa shape index (κ1) is 29.7. The van der Waals surface area contributed by atoms with E-state index in [-0.39, 0.29) is 43.3 Å². The average molecular weight is 586 g/mol. The van der Waals surface area contributed by atoms with Crippen LogP contribution in [-0.2, 0) is 26.8 Å². The van der Waals surface area contributed by atoms with Gasteiger partial charge < -0.3 is 10.5 Å². The molecule has 1 aliphatic heterocycles. The van der Waals surface area contributed by atoms with Crippen LogP contribution in [0.5, 0.6) is 0 Å². The average Bonchev–Trinajstić information content (AvgIpc) is 3.38.